The van der Waals surface area contributed by atoms with Crippen molar-refractivity contribution in [3.8, 4) is 0 Å². The number of ether oxygens (including phenoxy) is 1. The highest BCUT2D eigenvalue weighted by Gasteiger charge is 2.25. The molecule has 0 spiro atoms. The SMILES string of the molecule is [2H]C1([2H])N(C(=O)OC(C)(C)C)C([2H])([2H])C([2H])([2H])N(c2ccc(N)c(Br)c2)C1([2H])[2H]. The van der Waals surface area contributed by atoms with Gasteiger partial charge < -0.3 is 20.3 Å². The highest BCUT2D eigenvalue weighted by Crippen LogP contribution is 2.26. The second kappa shape index (κ2) is 6.13. The number of halogens is 1. The molecule has 1 amide bonds. The molecule has 5 nitrogen and oxygen atoms in total. The smallest absolute Gasteiger partial charge is 0.410 e. The maximum atomic E-state index is 12.6. The molecule has 0 atom stereocenters. The van der Waals surface area contributed by atoms with Gasteiger partial charge in [-0.3, -0.25) is 0 Å². The summed E-state index contributed by atoms with van der Waals surface area (Å²) in [5.74, 6) is 0. The van der Waals surface area contributed by atoms with E-state index in [1.54, 1.807) is 0 Å². The third-order valence-electron chi connectivity index (χ3n) is 2.37. The summed E-state index contributed by atoms with van der Waals surface area (Å²) in [6.45, 7) is -8.57. The first kappa shape index (κ1) is 8.27. The molecule has 1 aromatic carbocycles. The molecule has 1 saturated heterocycles. The molecule has 6 heteroatoms. The number of carbonyl (C=O) groups is 1. The van der Waals surface area contributed by atoms with Crippen LogP contribution in [0, 0.1) is 0 Å². The highest BCUT2D eigenvalue weighted by molar-refractivity contribution is 9.10. The van der Waals surface area contributed by atoms with Gasteiger partial charge in [0.25, 0.3) is 0 Å². The molecule has 0 bridgehead atoms. The number of amides is 1. The molecule has 0 saturated carbocycles. The van der Waals surface area contributed by atoms with E-state index in [9.17, 15) is 4.79 Å². The molecular weight excluding hydrogens is 334 g/mol. The van der Waals surface area contributed by atoms with Crippen molar-refractivity contribution >= 4 is 33.4 Å². The quantitative estimate of drug-likeness (QED) is 0.778. The fourth-order valence-corrected chi connectivity index (χ4v) is 1.81. The summed E-state index contributed by atoms with van der Waals surface area (Å²) >= 11 is 3.14. The summed E-state index contributed by atoms with van der Waals surface area (Å²) < 4.78 is 71.8. The van der Waals surface area contributed by atoms with Crippen LogP contribution in [-0.2, 0) is 4.74 Å². The van der Waals surface area contributed by atoms with Crippen LogP contribution < -0.4 is 10.6 Å². The van der Waals surface area contributed by atoms with E-state index >= 15 is 0 Å². The molecule has 2 rings (SSSR count). The maximum Gasteiger partial charge on any atom is 0.410 e. The summed E-state index contributed by atoms with van der Waals surface area (Å²) in [6, 6.07) is 3.84. The van der Waals surface area contributed by atoms with Crippen molar-refractivity contribution in [3.63, 3.8) is 0 Å². The van der Waals surface area contributed by atoms with Crippen LogP contribution in [0.1, 0.15) is 31.7 Å². The van der Waals surface area contributed by atoms with Crippen LogP contribution in [0.3, 0.4) is 0 Å². The van der Waals surface area contributed by atoms with E-state index in [1.165, 1.54) is 39.0 Å². The molecule has 1 aromatic rings. The van der Waals surface area contributed by atoms with Crippen molar-refractivity contribution in [2.45, 2.75) is 26.4 Å². The standard InChI is InChI=1S/C15H22BrN3O2/c1-15(2,3)21-14(20)19-8-6-18(7-9-19)11-4-5-13(17)12(16)10-11/h4-5,10H,6-9,17H2,1-3H3/i6D2,7D2,8D2,9D2. The third kappa shape index (κ3) is 4.27. The largest absolute Gasteiger partial charge is 0.444 e. The first-order valence-corrected chi connectivity index (χ1v) is 6.96. The minimum absolute atomic E-state index is 0.145. The lowest BCUT2D eigenvalue weighted by Gasteiger charge is -2.36. The average molecular weight is 364 g/mol. The highest BCUT2D eigenvalue weighted by atomic mass is 79.9. The van der Waals surface area contributed by atoms with Crippen LogP contribution >= 0.6 is 15.9 Å². The van der Waals surface area contributed by atoms with E-state index in [4.69, 9.17) is 21.4 Å². The molecule has 1 fully saturated rings. The predicted molar refractivity (Wildman–Crippen MR) is 88.6 cm³/mol. The van der Waals surface area contributed by atoms with Gasteiger partial charge in [0.15, 0.2) is 0 Å². The van der Waals surface area contributed by atoms with E-state index in [0.717, 1.165) is 0 Å². The zero-order valence-electron chi connectivity index (χ0n) is 19.9. The van der Waals surface area contributed by atoms with Crippen molar-refractivity contribution < 1.29 is 20.5 Å². The van der Waals surface area contributed by atoms with E-state index in [0.29, 0.717) is 4.90 Å². The number of hydrogen-bond acceptors (Lipinski definition) is 4. The van der Waals surface area contributed by atoms with Crippen LogP contribution in [0.4, 0.5) is 16.2 Å². The van der Waals surface area contributed by atoms with E-state index in [2.05, 4.69) is 15.9 Å². The number of nitrogens with zero attached hydrogens (tertiary/aromatic N) is 2. The lowest BCUT2D eigenvalue weighted by atomic mass is 10.2. The Morgan fingerprint density at radius 2 is 1.95 bits per heavy atom. The average Bonchev–Trinajstić information content (AvgIpc) is 2.46. The van der Waals surface area contributed by atoms with Crippen LogP contribution in [-0.4, -0.2) is 42.6 Å². The Balaban J connectivity index is 2.72. The van der Waals surface area contributed by atoms with Crippen LogP contribution in [0.2, 0.25) is 0 Å². The number of hydrogen-bond donors (Lipinski definition) is 1. The van der Waals surface area contributed by atoms with Gasteiger partial charge in [0.1, 0.15) is 5.60 Å². The Labute approximate surface area is 145 Å². The van der Waals surface area contributed by atoms with Gasteiger partial charge in [-0.15, -0.1) is 0 Å². The van der Waals surface area contributed by atoms with Gasteiger partial charge in [-0.2, -0.15) is 0 Å². The Morgan fingerprint density at radius 3 is 2.48 bits per heavy atom. The molecule has 0 unspecified atom stereocenters. The zero-order valence-corrected chi connectivity index (χ0v) is 13.5. The number of anilines is 2. The number of nitrogens with two attached hydrogens (primary N) is 1. The predicted octanol–water partition coefficient (Wildman–Crippen LogP) is 3.09. The van der Waals surface area contributed by atoms with E-state index < -0.39 is 37.7 Å². The summed E-state index contributed by atoms with van der Waals surface area (Å²) in [6.07, 6.45) is -1.52. The van der Waals surface area contributed by atoms with Gasteiger partial charge in [0, 0.05) is 41.8 Å². The van der Waals surface area contributed by atoms with Crippen molar-refractivity contribution in [2.24, 2.45) is 0 Å². The minimum atomic E-state index is -3.31. The molecule has 1 aliphatic rings. The van der Waals surface area contributed by atoms with Gasteiger partial charge in [0.2, 0.25) is 0 Å². The number of piperazine rings is 1. The monoisotopic (exact) mass is 363 g/mol. The second-order valence-electron chi connectivity index (χ2n) is 5.30. The fourth-order valence-electron chi connectivity index (χ4n) is 1.44. The Hall–Kier alpha value is -1.43. The maximum absolute atomic E-state index is 12.6. The number of rotatable bonds is 1. The molecule has 0 aliphatic carbocycles. The van der Waals surface area contributed by atoms with Gasteiger partial charge in [-0.05, 0) is 54.9 Å². The molecule has 116 valence electrons. The van der Waals surface area contributed by atoms with Crippen LogP contribution in [0.25, 0.3) is 0 Å². The summed E-state index contributed by atoms with van der Waals surface area (Å²) in [4.78, 5) is 12.8. The van der Waals surface area contributed by atoms with Crippen molar-refractivity contribution in [3.05, 3.63) is 22.7 Å². The van der Waals surface area contributed by atoms with Gasteiger partial charge in [-0.1, -0.05) is 0 Å². The first-order valence-electron chi connectivity index (χ1n) is 10.2. The van der Waals surface area contributed by atoms with Crippen LogP contribution in [0.15, 0.2) is 22.7 Å². The molecule has 21 heavy (non-hydrogen) atoms. The molecule has 1 heterocycles. The lowest BCUT2D eigenvalue weighted by molar-refractivity contribution is 0.0240. The molecular formula is C15H22BrN3O2. The van der Waals surface area contributed by atoms with Gasteiger partial charge in [0.05, 0.1) is 11.0 Å². The van der Waals surface area contributed by atoms with Crippen molar-refractivity contribution in [2.75, 3.05) is 36.6 Å². The topological polar surface area (TPSA) is 58.8 Å². The zero-order chi connectivity index (χ0) is 22.8. The van der Waals surface area contributed by atoms with Crippen LogP contribution in [0.5, 0.6) is 0 Å². The Morgan fingerprint density at radius 1 is 1.33 bits per heavy atom. The molecule has 0 aromatic heterocycles. The summed E-state index contributed by atoms with van der Waals surface area (Å²) in [5, 5.41) is 0. The summed E-state index contributed by atoms with van der Waals surface area (Å²) in [5.41, 5.74) is 4.68. The lowest BCUT2D eigenvalue weighted by Crippen LogP contribution is -2.50. The van der Waals surface area contributed by atoms with Crippen molar-refractivity contribution in [1.82, 2.24) is 4.90 Å². The Kier molecular flexibility index (Phi) is 2.42. The number of carbonyl (C=O) groups excluding carboxylic acids is 1. The molecule has 2 N–H and O–H groups in total. The third-order valence-corrected chi connectivity index (χ3v) is 3.05. The number of benzene rings is 1. The normalized spacial score (nSPS) is 31.2. The van der Waals surface area contributed by atoms with Crippen molar-refractivity contribution in [1.29, 1.82) is 0 Å². The van der Waals surface area contributed by atoms with Gasteiger partial charge >= 0.3 is 6.09 Å². The first-order chi connectivity index (χ1) is 12.8. The summed E-state index contributed by atoms with van der Waals surface area (Å²) in [7, 11) is 0. The van der Waals surface area contributed by atoms with E-state index in [-0.39, 0.29) is 20.7 Å². The second-order valence-corrected chi connectivity index (χ2v) is 6.16. The van der Waals surface area contributed by atoms with E-state index in [1.807, 2.05) is 0 Å². The van der Waals surface area contributed by atoms with Gasteiger partial charge in [-0.25, -0.2) is 4.79 Å². The molecule has 0 radical (unpaired) electrons. The Bertz CT molecular complexity index is 800. The number of nitrogen functional groups attached to an aromatic ring is 1. The fraction of sp³-hybridized carbons (Fsp3) is 0.533. The minimum Gasteiger partial charge on any atom is -0.444 e. The molecule has 1 aliphatic heterocycles.